The Bertz CT molecular complexity index is 124. The van der Waals surface area contributed by atoms with Gasteiger partial charge in [-0.25, -0.2) is 0 Å². The molecule has 0 aliphatic carbocycles. The predicted octanol–water partition coefficient (Wildman–Crippen LogP) is 2.14. The Balaban J connectivity index is 2.07. The molecule has 2 unspecified atom stereocenters. The van der Waals surface area contributed by atoms with Crippen molar-refractivity contribution in [3.05, 3.63) is 0 Å². The number of hydrogen-bond acceptors (Lipinski definition) is 3. The highest BCUT2D eigenvalue weighted by atomic mass is 32.1. The summed E-state index contributed by atoms with van der Waals surface area (Å²) in [5.41, 5.74) is 0. The molecule has 1 aliphatic rings. The lowest BCUT2D eigenvalue weighted by Gasteiger charge is -2.16. The van der Waals surface area contributed by atoms with Gasteiger partial charge in [0.15, 0.2) is 0 Å². The molecule has 0 bridgehead atoms. The van der Waals surface area contributed by atoms with E-state index < -0.39 is 0 Å². The minimum atomic E-state index is 0.347. The van der Waals surface area contributed by atoms with Crippen LogP contribution in [0, 0.1) is 5.92 Å². The van der Waals surface area contributed by atoms with Crippen molar-refractivity contribution in [3.63, 3.8) is 0 Å². The number of hydrogen-bond donors (Lipinski definition) is 1. The summed E-state index contributed by atoms with van der Waals surface area (Å²) in [5, 5.41) is 0. The van der Waals surface area contributed by atoms with Crippen molar-refractivity contribution >= 4 is 12.6 Å². The van der Waals surface area contributed by atoms with Gasteiger partial charge in [0.1, 0.15) is 0 Å². The fraction of sp³-hybridized carbons (Fsp3) is 1.00. The predicted molar refractivity (Wildman–Crippen MR) is 57.4 cm³/mol. The molecule has 0 radical (unpaired) electrons. The molecule has 0 aromatic rings. The second-order valence-corrected chi connectivity index (χ2v) is 4.02. The van der Waals surface area contributed by atoms with Crippen molar-refractivity contribution < 1.29 is 9.47 Å². The number of rotatable bonds is 6. The minimum absolute atomic E-state index is 0.347. The third-order valence-corrected chi connectivity index (χ3v) is 2.93. The summed E-state index contributed by atoms with van der Waals surface area (Å²) in [5.74, 6) is 1.55. The van der Waals surface area contributed by atoms with Gasteiger partial charge in [0, 0.05) is 6.61 Å². The van der Waals surface area contributed by atoms with E-state index in [0.717, 1.165) is 32.0 Å². The van der Waals surface area contributed by atoms with Crippen LogP contribution in [0.25, 0.3) is 0 Å². The Morgan fingerprint density at radius 3 is 3.00 bits per heavy atom. The molecule has 1 aliphatic heterocycles. The van der Waals surface area contributed by atoms with Crippen LogP contribution in [0.4, 0.5) is 0 Å². The fourth-order valence-corrected chi connectivity index (χ4v) is 1.84. The largest absolute Gasteiger partial charge is 0.379 e. The molecule has 3 heteroatoms. The van der Waals surface area contributed by atoms with Crippen molar-refractivity contribution in [2.24, 2.45) is 5.92 Å². The molecule has 0 amide bonds. The van der Waals surface area contributed by atoms with Crippen LogP contribution in [0.3, 0.4) is 0 Å². The molecular weight excluding hydrogens is 184 g/mol. The monoisotopic (exact) mass is 204 g/mol. The lowest BCUT2D eigenvalue weighted by Crippen LogP contribution is -2.19. The first kappa shape index (κ1) is 11.3. The molecule has 0 aromatic heterocycles. The van der Waals surface area contributed by atoms with Gasteiger partial charge in [-0.3, -0.25) is 0 Å². The fourth-order valence-electron chi connectivity index (χ4n) is 1.55. The van der Waals surface area contributed by atoms with E-state index >= 15 is 0 Å². The molecular formula is C10H20O2S. The second kappa shape index (κ2) is 6.68. The molecule has 2 nitrogen and oxygen atoms in total. The van der Waals surface area contributed by atoms with E-state index in [9.17, 15) is 0 Å². The summed E-state index contributed by atoms with van der Waals surface area (Å²) in [6.45, 7) is 4.70. The third-order valence-electron chi connectivity index (χ3n) is 2.41. The van der Waals surface area contributed by atoms with Crippen LogP contribution < -0.4 is 0 Å². The first-order chi connectivity index (χ1) is 6.36. The quantitative estimate of drug-likeness (QED) is 0.668. The normalized spacial score (nSPS) is 24.9. The van der Waals surface area contributed by atoms with Crippen LogP contribution in [0.2, 0.25) is 0 Å². The van der Waals surface area contributed by atoms with Gasteiger partial charge in [-0.2, -0.15) is 12.6 Å². The molecule has 1 fully saturated rings. The maximum Gasteiger partial charge on any atom is 0.0830 e. The zero-order valence-corrected chi connectivity index (χ0v) is 9.26. The van der Waals surface area contributed by atoms with E-state index in [1.807, 2.05) is 0 Å². The molecule has 2 atom stereocenters. The highest BCUT2D eigenvalue weighted by Gasteiger charge is 2.17. The number of ether oxygens (including phenoxy) is 2. The van der Waals surface area contributed by atoms with Crippen molar-refractivity contribution in [1.29, 1.82) is 0 Å². The van der Waals surface area contributed by atoms with E-state index in [2.05, 4.69) is 19.6 Å². The summed E-state index contributed by atoms with van der Waals surface area (Å²) in [4.78, 5) is 0. The Morgan fingerprint density at radius 2 is 2.46 bits per heavy atom. The van der Waals surface area contributed by atoms with Crippen molar-refractivity contribution in [3.8, 4) is 0 Å². The van der Waals surface area contributed by atoms with Crippen LogP contribution in [0.1, 0.15) is 26.2 Å². The van der Waals surface area contributed by atoms with Gasteiger partial charge in [-0.1, -0.05) is 13.3 Å². The first-order valence-corrected chi connectivity index (χ1v) is 5.80. The van der Waals surface area contributed by atoms with Gasteiger partial charge >= 0.3 is 0 Å². The minimum Gasteiger partial charge on any atom is -0.379 e. The maximum atomic E-state index is 5.73. The molecule has 78 valence electrons. The van der Waals surface area contributed by atoms with Gasteiger partial charge in [0.05, 0.1) is 19.3 Å². The molecule has 0 spiro atoms. The van der Waals surface area contributed by atoms with Gasteiger partial charge in [0.25, 0.3) is 0 Å². The molecule has 0 aromatic carbocycles. The van der Waals surface area contributed by atoms with Gasteiger partial charge in [-0.05, 0) is 24.5 Å². The lowest BCUT2D eigenvalue weighted by atomic mass is 10.1. The van der Waals surface area contributed by atoms with Crippen LogP contribution in [0.5, 0.6) is 0 Å². The second-order valence-electron chi connectivity index (χ2n) is 3.66. The molecule has 1 heterocycles. The highest BCUT2D eigenvalue weighted by molar-refractivity contribution is 7.80. The van der Waals surface area contributed by atoms with E-state index in [4.69, 9.17) is 9.47 Å². The Morgan fingerprint density at radius 1 is 1.62 bits per heavy atom. The Labute approximate surface area is 86.4 Å². The van der Waals surface area contributed by atoms with E-state index in [1.165, 1.54) is 12.8 Å². The molecule has 1 rings (SSSR count). The average molecular weight is 204 g/mol. The topological polar surface area (TPSA) is 18.5 Å². The van der Waals surface area contributed by atoms with Crippen molar-refractivity contribution in [1.82, 2.24) is 0 Å². The molecule has 0 saturated carbocycles. The lowest BCUT2D eigenvalue weighted by molar-refractivity contribution is 0.0244. The molecule has 1 saturated heterocycles. The van der Waals surface area contributed by atoms with Crippen LogP contribution >= 0.6 is 12.6 Å². The standard InChI is InChI=1S/C10H20O2S/c1-2-3-9(8-13)6-12-10-4-5-11-7-10/h9-10,13H,2-8H2,1H3. The summed E-state index contributed by atoms with van der Waals surface area (Å²) < 4.78 is 11.0. The molecule has 0 N–H and O–H groups in total. The number of thiol groups is 1. The van der Waals surface area contributed by atoms with Crippen LogP contribution in [0.15, 0.2) is 0 Å². The highest BCUT2D eigenvalue weighted by Crippen LogP contribution is 2.13. The van der Waals surface area contributed by atoms with Gasteiger partial charge < -0.3 is 9.47 Å². The van der Waals surface area contributed by atoms with Gasteiger partial charge in [0.2, 0.25) is 0 Å². The zero-order valence-electron chi connectivity index (χ0n) is 8.37. The summed E-state index contributed by atoms with van der Waals surface area (Å²) in [7, 11) is 0. The van der Waals surface area contributed by atoms with Crippen LogP contribution in [-0.4, -0.2) is 31.7 Å². The van der Waals surface area contributed by atoms with E-state index in [-0.39, 0.29) is 0 Å². The Kier molecular flexibility index (Phi) is 5.83. The van der Waals surface area contributed by atoms with E-state index in [0.29, 0.717) is 12.0 Å². The van der Waals surface area contributed by atoms with Crippen LogP contribution in [-0.2, 0) is 9.47 Å². The van der Waals surface area contributed by atoms with Gasteiger partial charge in [-0.15, -0.1) is 0 Å². The third kappa shape index (κ3) is 4.34. The summed E-state index contributed by atoms with van der Waals surface area (Å²) >= 11 is 4.31. The summed E-state index contributed by atoms with van der Waals surface area (Å²) in [6, 6.07) is 0. The smallest absolute Gasteiger partial charge is 0.0830 e. The summed E-state index contributed by atoms with van der Waals surface area (Å²) in [6.07, 6.45) is 3.84. The first-order valence-electron chi connectivity index (χ1n) is 5.17. The van der Waals surface area contributed by atoms with E-state index in [1.54, 1.807) is 0 Å². The van der Waals surface area contributed by atoms with Crippen molar-refractivity contribution in [2.45, 2.75) is 32.3 Å². The SMILES string of the molecule is CCCC(CS)COC1CCOC1. The molecule has 13 heavy (non-hydrogen) atoms. The zero-order chi connectivity index (χ0) is 9.52. The average Bonchev–Trinajstić information content (AvgIpc) is 2.64. The maximum absolute atomic E-state index is 5.73. The Hall–Kier alpha value is 0.270. The van der Waals surface area contributed by atoms with Crippen molar-refractivity contribution in [2.75, 3.05) is 25.6 Å².